The molecule has 0 spiro atoms. The SMILES string of the molecule is O=C(O)CCCCC(CC1CO1)C(=O)O. The molecule has 2 N–H and O–H groups in total. The second kappa shape index (κ2) is 5.70. The molecule has 15 heavy (non-hydrogen) atoms. The summed E-state index contributed by atoms with van der Waals surface area (Å²) in [5.41, 5.74) is 0. The molecule has 0 aromatic heterocycles. The van der Waals surface area contributed by atoms with E-state index < -0.39 is 11.9 Å². The van der Waals surface area contributed by atoms with Gasteiger partial charge in [0.2, 0.25) is 0 Å². The van der Waals surface area contributed by atoms with E-state index in [0.29, 0.717) is 32.3 Å². The second-order valence-corrected chi connectivity index (χ2v) is 3.87. The van der Waals surface area contributed by atoms with Crippen molar-refractivity contribution >= 4 is 11.9 Å². The molecule has 86 valence electrons. The smallest absolute Gasteiger partial charge is 0.306 e. The van der Waals surface area contributed by atoms with Crippen LogP contribution in [0.2, 0.25) is 0 Å². The Morgan fingerprint density at radius 1 is 1.33 bits per heavy atom. The monoisotopic (exact) mass is 216 g/mol. The van der Waals surface area contributed by atoms with E-state index in [2.05, 4.69) is 0 Å². The van der Waals surface area contributed by atoms with Gasteiger partial charge < -0.3 is 14.9 Å². The topological polar surface area (TPSA) is 87.1 Å². The average Bonchev–Trinajstić information content (AvgIpc) is 2.93. The maximum absolute atomic E-state index is 10.8. The summed E-state index contributed by atoms with van der Waals surface area (Å²) >= 11 is 0. The lowest BCUT2D eigenvalue weighted by Crippen LogP contribution is -2.16. The third-order valence-electron chi connectivity index (χ3n) is 2.49. The molecule has 0 saturated carbocycles. The zero-order valence-electron chi connectivity index (χ0n) is 8.52. The van der Waals surface area contributed by atoms with Gasteiger partial charge >= 0.3 is 11.9 Å². The summed E-state index contributed by atoms with van der Waals surface area (Å²) < 4.78 is 4.98. The molecule has 1 saturated heterocycles. The number of epoxide rings is 1. The van der Waals surface area contributed by atoms with Gasteiger partial charge in [0, 0.05) is 6.42 Å². The van der Waals surface area contributed by atoms with Crippen LogP contribution in [0.4, 0.5) is 0 Å². The van der Waals surface area contributed by atoms with Crippen LogP contribution in [0.15, 0.2) is 0 Å². The predicted molar refractivity (Wildman–Crippen MR) is 51.6 cm³/mol. The second-order valence-electron chi connectivity index (χ2n) is 3.87. The molecule has 0 amide bonds. The molecule has 1 aliphatic heterocycles. The number of carboxylic acids is 2. The first-order valence-electron chi connectivity index (χ1n) is 5.16. The molecular weight excluding hydrogens is 200 g/mol. The maximum atomic E-state index is 10.8. The van der Waals surface area contributed by atoms with Crippen LogP contribution in [0.1, 0.15) is 32.1 Å². The highest BCUT2D eigenvalue weighted by Gasteiger charge is 2.29. The minimum absolute atomic E-state index is 0.116. The third-order valence-corrected chi connectivity index (χ3v) is 2.49. The van der Waals surface area contributed by atoms with Crippen molar-refractivity contribution in [1.82, 2.24) is 0 Å². The van der Waals surface area contributed by atoms with Gasteiger partial charge in [0.1, 0.15) is 0 Å². The summed E-state index contributed by atoms with van der Waals surface area (Å²) in [6.07, 6.45) is 2.53. The van der Waals surface area contributed by atoms with Gasteiger partial charge in [-0.2, -0.15) is 0 Å². The van der Waals surface area contributed by atoms with E-state index in [1.807, 2.05) is 0 Å². The number of unbranched alkanes of at least 4 members (excludes halogenated alkanes) is 1. The Kier molecular flexibility index (Phi) is 4.55. The van der Waals surface area contributed by atoms with Gasteiger partial charge in [0.05, 0.1) is 18.6 Å². The zero-order valence-corrected chi connectivity index (χ0v) is 8.52. The highest BCUT2D eigenvalue weighted by molar-refractivity contribution is 5.70. The van der Waals surface area contributed by atoms with Crippen LogP contribution in [0.5, 0.6) is 0 Å². The average molecular weight is 216 g/mol. The number of carbonyl (C=O) groups is 2. The van der Waals surface area contributed by atoms with Gasteiger partial charge in [-0.15, -0.1) is 0 Å². The molecule has 0 aromatic carbocycles. The first kappa shape index (κ1) is 12.0. The van der Waals surface area contributed by atoms with Crippen LogP contribution >= 0.6 is 0 Å². The van der Waals surface area contributed by atoms with Crippen molar-refractivity contribution in [1.29, 1.82) is 0 Å². The van der Waals surface area contributed by atoms with E-state index in [0.717, 1.165) is 0 Å². The lowest BCUT2D eigenvalue weighted by molar-refractivity contribution is -0.142. The summed E-state index contributed by atoms with van der Waals surface area (Å²) in [6.45, 7) is 0.666. The Balaban J connectivity index is 2.13. The normalized spacial score (nSPS) is 20.9. The van der Waals surface area contributed by atoms with E-state index in [1.54, 1.807) is 0 Å². The Bertz CT molecular complexity index is 234. The van der Waals surface area contributed by atoms with Crippen LogP contribution in [0, 0.1) is 5.92 Å². The molecule has 1 heterocycles. The molecule has 1 rings (SSSR count). The van der Waals surface area contributed by atoms with Crippen LogP contribution in [-0.4, -0.2) is 34.9 Å². The third kappa shape index (κ3) is 5.37. The summed E-state index contributed by atoms with van der Waals surface area (Å²) in [4.78, 5) is 21.0. The molecule has 1 aliphatic rings. The van der Waals surface area contributed by atoms with Crippen LogP contribution in [0.3, 0.4) is 0 Å². The number of rotatable bonds is 8. The van der Waals surface area contributed by atoms with Crippen molar-refractivity contribution in [3.8, 4) is 0 Å². The van der Waals surface area contributed by atoms with Gasteiger partial charge in [0.15, 0.2) is 0 Å². The van der Waals surface area contributed by atoms with E-state index in [1.165, 1.54) is 0 Å². The van der Waals surface area contributed by atoms with Crippen molar-refractivity contribution < 1.29 is 24.5 Å². The molecule has 0 aromatic rings. The summed E-state index contributed by atoms with van der Waals surface area (Å²) in [6, 6.07) is 0. The standard InChI is InChI=1S/C10H16O5/c11-9(12)4-2-1-3-7(10(13)14)5-8-6-15-8/h7-8H,1-6H2,(H,11,12)(H,13,14). The number of ether oxygens (including phenoxy) is 1. The van der Waals surface area contributed by atoms with E-state index in [4.69, 9.17) is 14.9 Å². The van der Waals surface area contributed by atoms with Crippen molar-refractivity contribution in [2.24, 2.45) is 5.92 Å². The highest BCUT2D eigenvalue weighted by Crippen LogP contribution is 2.23. The lowest BCUT2D eigenvalue weighted by Gasteiger charge is -2.09. The van der Waals surface area contributed by atoms with Gasteiger partial charge in [0.25, 0.3) is 0 Å². The first-order chi connectivity index (χ1) is 7.09. The molecule has 0 bridgehead atoms. The Morgan fingerprint density at radius 3 is 2.47 bits per heavy atom. The minimum atomic E-state index is -0.826. The molecule has 2 unspecified atom stereocenters. The molecule has 0 aliphatic carbocycles. The van der Waals surface area contributed by atoms with Crippen molar-refractivity contribution in [2.45, 2.75) is 38.2 Å². The Morgan fingerprint density at radius 2 is 2.00 bits per heavy atom. The number of hydrogen-bond acceptors (Lipinski definition) is 3. The minimum Gasteiger partial charge on any atom is -0.481 e. The first-order valence-corrected chi connectivity index (χ1v) is 5.16. The fraction of sp³-hybridized carbons (Fsp3) is 0.800. The maximum Gasteiger partial charge on any atom is 0.306 e. The Labute approximate surface area is 88.0 Å². The largest absolute Gasteiger partial charge is 0.481 e. The van der Waals surface area contributed by atoms with Crippen LogP contribution in [0.25, 0.3) is 0 Å². The molecule has 2 atom stereocenters. The van der Waals surface area contributed by atoms with Crippen molar-refractivity contribution in [2.75, 3.05) is 6.61 Å². The van der Waals surface area contributed by atoms with Crippen LogP contribution < -0.4 is 0 Å². The quantitative estimate of drug-likeness (QED) is 0.469. The molecule has 5 nitrogen and oxygen atoms in total. The summed E-state index contributed by atoms with van der Waals surface area (Å²) in [5, 5.41) is 17.3. The number of hydrogen-bond donors (Lipinski definition) is 2. The fourth-order valence-electron chi connectivity index (χ4n) is 1.53. The summed E-state index contributed by atoms with van der Waals surface area (Å²) in [7, 11) is 0. The lowest BCUT2D eigenvalue weighted by atomic mass is 9.96. The zero-order chi connectivity index (χ0) is 11.3. The molecule has 5 heteroatoms. The van der Waals surface area contributed by atoms with Gasteiger partial charge in [-0.25, -0.2) is 0 Å². The van der Waals surface area contributed by atoms with Crippen molar-refractivity contribution in [3.05, 3.63) is 0 Å². The number of aliphatic carboxylic acids is 2. The van der Waals surface area contributed by atoms with Gasteiger partial charge in [-0.1, -0.05) is 6.42 Å². The van der Waals surface area contributed by atoms with Crippen molar-refractivity contribution in [3.63, 3.8) is 0 Å². The Hall–Kier alpha value is -1.10. The van der Waals surface area contributed by atoms with E-state index in [-0.39, 0.29) is 18.4 Å². The van der Waals surface area contributed by atoms with E-state index >= 15 is 0 Å². The van der Waals surface area contributed by atoms with Gasteiger partial charge in [-0.3, -0.25) is 9.59 Å². The summed E-state index contributed by atoms with van der Waals surface area (Å²) in [5.74, 6) is -2.01. The van der Waals surface area contributed by atoms with E-state index in [9.17, 15) is 9.59 Å². The molecule has 0 radical (unpaired) electrons. The van der Waals surface area contributed by atoms with Crippen LogP contribution in [-0.2, 0) is 14.3 Å². The van der Waals surface area contributed by atoms with Gasteiger partial charge in [-0.05, 0) is 19.3 Å². The highest BCUT2D eigenvalue weighted by atomic mass is 16.6. The number of carboxylic acid groups (broad SMARTS) is 2. The fourth-order valence-corrected chi connectivity index (χ4v) is 1.53. The molecular formula is C10H16O5. The predicted octanol–water partition coefficient (Wildman–Crippen LogP) is 1.12. The molecule has 1 fully saturated rings.